The predicted octanol–water partition coefficient (Wildman–Crippen LogP) is 5.28. The van der Waals surface area contributed by atoms with Crippen molar-refractivity contribution in [2.75, 3.05) is 5.32 Å². The monoisotopic (exact) mass is 415 g/mol. The van der Waals surface area contributed by atoms with Gasteiger partial charge in [0.1, 0.15) is 18.1 Å². The molecule has 4 rings (SSSR count). The Morgan fingerprint density at radius 3 is 2.58 bits per heavy atom. The number of para-hydroxylation sites is 1. The zero-order chi connectivity index (χ0) is 21.8. The van der Waals surface area contributed by atoms with Crippen LogP contribution >= 0.6 is 0 Å². The SMILES string of the molecule is Cc1cccc(Cn2ccc(NC(=O)c3ccc(COc4c(C)cccc4C)o3)n2)c1. The maximum absolute atomic E-state index is 12.5. The minimum Gasteiger partial charge on any atom is -0.485 e. The lowest BCUT2D eigenvalue weighted by molar-refractivity contribution is 0.0992. The van der Waals surface area contributed by atoms with E-state index in [9.17, 15) is 4.79 Å². The van der Waals surface area contributed by atoms with Gasteiger partial charge in [0.15, 0.2) is 11.6 Å². The van der Waals surface area contributed by atoms with Gasteiger partial charge in [0, 0.05) is 12.3 Å². The third-order valence-electron chi connectivity index (χ3n) is 4.96. The van der Waals surface area contributed by atoms with Crippen LogP contribution in [-0.4, -0.2) is 15.7 Å². The number of carbonyl (C=O) groups is 1. The second kappa shape index (κ2) is 8.92. The van der Waals surface area contributed by atoms with E-state index in [0.717, 1.165) is 22.4 Å². The van der Waals surface area contributed by atoms with Gasteiger partial charge in [-0.25, -0.2) is 0 Å². The van der Waals surface area contributed by atoms with Crippen molar-refractivity contribution in [3.8, 4) is 5.75 Å². The average Bonchev–Trinajstić information content (AvgIpc) is 3.37. The number of anilines is 1. The summed E-state index contributed by atoms with van der Waals surface area (Å²) in [6, 6.07) is 19.4. The molecule has 158 valence electrons. The summed E-state index contributed by atoms with van der Waals surface area (Å²) in [5.41, 5.74) is 4.48. The molecule has 0 unspecified atom stereocenters. The maximum atomic E-state index is 12.5. The molecule has 0 aliphatic carbocycles. The predicted molar refractivity (Wildman–Crippen MR) is 119 cm³/mol. The fourth-order valence-electron chi connectivity index (χ4n) is 3.44. The number of hydrogen-bond acceptors (Lipinski definition) is 4. The number of amides is 1. The number of aromatic nitrogens is 2. The molecule has 6 nitrogen and oxygen atoms in total. The molecule has 2 aromatic carbocycles. The van der Waals surface area contributed by atoms with E-state index in [1.807, 2.05) is 44.3 Å². The van der Waals surface area contributed by atoms with E-state index < -0.39 is 0 Å². The Labute approximate surface area is 181 Å². The van der Waals surface area contributed by atoms with Crippen molar-refractivity contribution in [2.45, 2.75) is 33.9 Å². The van der Waals surface area contributed by atoms with Gasteiger partial charge in [0.25, 0.3) is 5.91 Å². The van der Waals surface area contributed by atoms with Crippen LogP contribution in [-0.2, 0) is 13.2 Å². The van der Waals surface area contributed by atoms with Gasteiger partial charge in [-0.2, -0.15) is 5.10 Å². The van der Waals surface area contributed by atoms with Gasteiger partial charge in [-0.3, -0.25) is 9.48 Å². The van der Waals surface area contributed by atoms with Crippen molar-refractivity contribution in [3.63, 3.8) is 0 Å². The lowest BCUT2D eigenvalue weighted by Gasteiger charge is -2.10. The molecule has 0 spiro atoms. The number of carbonyl (C=O) groups excluding carboxylic acids is 1. The highest BCUT2D eigenvalue weighted by molar-refractivity contribution is 6.01. The number of nitrogens with zero attached hydrogens (tertiary/aromatic N) is 2. The molecular weight excluding hydrogens is 390 g/mol. The summed E-state index contributed by atoms with van der Waals surface area (Å²) in [6.45, 7) is 6.95. The molecule has 6 heteroatoms. The molecule has 0 atom stereocenters. The molecule has 0 saturated carbocycles. The van der Waals surface area contributed by atoms with E-state index in [1.165, 1.54) is 5.56 Å². The van der Waals surface area contributed by atoms with E-state index in [0.29, 0.717) is 18.1 Å². The van der Waals surface area contributed by atoms with Gasteiger partial charge in [0.05, 0.1) is 6.54 Å². The van der Waals surface area contributed by atoms with Crippen LogP contribution in [0.15, 0.2) is 71.3 Å². The van der Waals surface area contributed by atoms with Crippen LogP contribution < -0.4 is 10.1 Å². The van der Waals surface area contributed by atoms with Gasteiger partial charge >= 0.3 is 0 Å². The van der Waals surface area contributed by atoms with Gasteiger partial charge in [0.2, 0.25) is 0 Å². The number of furan rings is 1. The highest BCUT2D eigenvalue weighted by Crippen LogP contribution is 2.24. The smallest absolute Gasteiger partial charge is 0.292 e. The molecule has 0 aliphatic heterocycles. The average molecular weight is 415 g/mol. The maximum Gasteiger partial charge on any atom is 0.292 e. The molecule has 0 saturated heterocycles. The Kier molecular flexibility index (Phi) is 5.89. The number of rotatable bonds is 7. The van der Waals surface area contributed by atoms with E-state index >= 15 is 0 Å². The summed E-state index contributed by atoms with van der Waals surface area (Å²) < 4.78 is 13.3. The first-order chi connectivity index (χ1) is 15.0. The zero-order valence-corrected chi connectivity index (χ0v) is 17.9. The number of benzene rings is 2. The fourth-order valence-corrected chi connectivity index (χ4v) is 3.44. The summed E-state index contributed by atoms with van der Waals surface area (Å²) in [5, 5.41) is 7.20. The Morgan fingerprint density at radius 2 is 1.81 bits per heavy atom. The molecule has 1 N–H and O–H groups in total. The second-order valence-electron chi connectivity index (χ2n) is 7.62. The first kappa shape index (κ1) is 20.5. The summed E-state index contributed by atoms with van der Waals surface area (Å²) in [5.74, 6) is 1.76. The first-order valence-electron chi connectivity index (χ1n) is 10.2. The zero-order valence-electron chi connectivity index (χ0n) is 17.9. The van der Waals surface area contributed by atoms with E-state index in [1.54, 1.807) is 22.9 Å². The van der Waals surface area contributed by atoms with Gasteiger partial charge in [-0.05, 0) is 49.6 Å². The largest absolute Gasteiger partial charge is 0.485 e. The Balaban J connectivity index is 1.35. The van der Waals surface area contributed by atoms with Crippen molar-refractivity contribution in [3.05, 3.63) is 101 Å². The molecule has 31 heavy (non-hydrogen) atoms. The summed E-state index contributed by atoms with van der Waals surface area (Å²) in [7, 11) is 0. The fraction of sp³-hybridized carbons (Fsp3) is 0.200. The Morgan fingerprint density at radius 1 is 1.03 bits per heavy atom. The highest BCUT2D eigenvalue weighted by Gasteiger charge is 2.14. The van der Waals surface area contributed by atoms with Crippen LogP contribution in [0.5, 0.6) is 5.75 Å². The minimum atomic E-state index is -0.348. The quantitative estimate of drug-likeness (QED) is 0.446. The molecule has 0 bridgehead atoms. The molecule has 1 amide bonds. The summed E-state index contributed by atoms with van der Waals surface area (Å²) in [6.07, 6.45) is 1.84. The van der Waals surface area contributed by atoms with Crippen LogP contribution in [0.4, 0.5) is 5.82 Å². The van der Waals surface area contributed by atoms with Crippen LogP contribution in [0.1, 0.15) is 38.6 Å². The van der Waals surface area contributed by atoms with Crippen molar-refractivity contribution >= 4 is 11.7 Å². The molecule has 4 aromatic rings. The molecule has 2 heterocycles. The number of aryl methyl sites for hydroxylation is 3. The standard InChI is InChI=1S/C25H25N3O3/c1-17-6-4-9-20(14-17)15-28-13-12-23(27-28)26-25(29)22-11-10-21(31-22)16-30-24-18(2)7-5-8-19(24)3/h4-14H,15-16H2,1-3H3,(H,26,27,29). The minimum absolute atomic E-state index is 0.216. The lowest BCUT2D eigenvalue weighted by Crippen LogP contribution is -2.12. The molecule has 0 fully saturated rings. The second-order valence-corrected chi connectivity index (χ2v) is 7.62. The van der Waals surface area contributed by atoms with Crippen molar-refractivity contribution < 1.29 is 13.9 Å². The van der Waals surface area contributed by atoms with Crippen molar-refractivity contribution in [1.82, 2.24) is 9.78 Å². The summed E-state index contributed by atoms with van der Waals surface area (Å²) in [4.78, 5) is 12.5. The molecule has 0 radical (unpaired) electrons. The van der Waals surface area contributed by atoms with Crippen molar-refractivity contribution in [2.24, 2.45) is 0 Å². The lowest BCUT2D eigenvalue weighted by atomic mass is 10.1. The summed E-state index contributed by atoms with van der Waals surface area (Å²) >= 11 is 0. The Bertz CT molecular complexity index is 1190. The molecule has 0 aliphatic rings. The van der Waals surface area contributed by atoms with Crippen LogP contribution in [0.2, 0.25) is 0 Å². The highest BCUT2D eigenvalue weighted by atomic mass is 16.5. The van der Waals surface area contributed by atoms with E-state index in [2.05, 4.69) is 35.5 Å². The first-order valence-corrected chi connectivity index (χ1v) is 10.2. The van der Waals surface area contributed by atoms with Crippen LogP contribution in [0, 0.1) is 20.8 Å². The number of hydrogen-bond donors (Lipinski definition) is 1. The van der Waals surface area contributed by atoms with Crippen molar-refractivity contribution in [1.29, 1.82) is 0 Å². The van der Waals surface area contributed by atoms with Gasteiger partial charge < -0.3 is 14.5 Å². The van der Waals surface area contributed by atoms with E-state index in [4.69, 9.17) is 9.15 Å². The third-order valence-corrected chi connectivity index (χ3v) is 4.96. The number of nitrogens with one attached hydrogen (secondary N) is 1. The Hall–Kier alpha value is -3.80. The molecule has 2 aromatic heterocycles. The van der Waals surface area contributed by atoms with E-state index in [-0.39, 0.29) is 18.3 Å². The topological polar surface area (TPSA) is 69.3 Å². The third kappa shape index (κ3) is 5.04. The number of ether oxygens (including phenoxy) is 1. The van der Waals surface area contributed by atoms with Gasteiger partial charge in [-0.1, -0.05) is 48.0 Å². The van der Waals surface area contributed by atoms with Crippen LogP contribution in [0.25, 0.3) is 0 Å². The molecular formula is C25H25N3O3. The van der Waals surface area contributed by atoms with Gasteiger partial charge in [-0.15, -0.1) is 0 Å². The van der Waals surface area contributed by atoms with Crippen LogP contribution in [0.3, 0.4) is 0 Å². The normalized spacial score (nSPS) is 10.8.